The van der Waals surface area contributed by atoms with Gasteiger partial charge in [0.25, 0.3) is 0 Å². The zero-order valence-electron chi connectivity index (χ0n) is 19.2. The first-order chi connectivity index (χ1) is 16.3. The summed E-state index contributed by atoms with van der Waals surface area (Å²) in [5.74, 6) is 0.0565. The van der Waals surface area contributed by atoms with E-state index in [1.807, 2.05) is 13.0 Å². The van der Waals surface area contributed by atoms with Crippen molar-refractivity contribution in [1.82, 2.24) is 15.1 Å². The molecule has 1 atom stereocenters. The summed E-state index contributed by atoms with van der Waals surface area (Å²) >= 11 is 5.24. The van der Waals surface area contributed by atoms with Gasteiger partial charge in [0.15, 0.2) is 0 Å². The molecule has 1 amide bonds. The predicted molar refractivity (Wildman–Crippen MR) is 127 cm³/mol. The molecule has 1 aliphatic heterocycles. The number of nitrogens with one attached hydrogen (secondary N) is 1. The highest BCUT2D eigenvalue weighted by atomic mass is 32.1. The maximum absolute atomic E-state index is 13.1. The molecule has 2 aromatic rings. The van der Waals surface area contributed by atoms with E-state index in [-0.39, 0.29) is 29.2 Å². The lowest BCUT2D eigenvalue weighted by molar-refractivity contribution is -0.127. The van der Waals surface area contributed by atoms with Gasteiger partial charge in [-0.25, -0.2) is 0 Å². The van der Waals surface area contributed by atoms with Crippen LogP contribution in [-0.2, 0) is 22.4 Å². The lowest BCUT2D eigenvalue weighted by atomic mass is 9.77. The molecule has 34 heavy (non-hydrogen) atoms. The van der Waals surface area contributed by atoms with E-state index in [0.717, 1.165) is 59.5 Å². The normalized spacial score (nSPS) is 22.2. The summed E-state index contributed by atoms with van der Waals surface area (Å²) in [7, 11) is 0. The van der Waals surface area contributed by atoms with Crippen LogP contribution >= 0.6 is 12.2 Å². The van der Waals surface area contributed by atoms with Crippen molar-refractivity contribution in [2.75, 3.05) is 13.2 Å². The largest absolute Gasteiger partial charge is 0.435 e. The lowest BCUT2D eigenvalue weighted by Gasteiger charge is -2.41. The van der Waals surface area contributed by atoms with Gasteiger partial charge in [-0.05, 0) is 49.6 Å². The standard InChI is InChI=1S/C25H29F2N3O3S/c1-25(13-19(34)14-25)28-23(31)16-5-6-20-21(12-16)30(17-7-9-32-10-8-17)29-22(20)15-3-2-4-18(11-15)33-24(26)27/h2-4,11,16-17,24H,5-10,12-14H2,1H3,(H,28,31). The number of alkyl halides is 2. The van der Waals surface area contributed by atoms with Crippen molar-refractivity contribution >= 4 is 23.0 Å². The molecular formula is C25H29F2N3O3S. The molecular weight excluding hydrogens is 460 g/mol. The van der Waals surface area contributed by atoms with Crippen LogP contribution < -0.4 is 10.1 Å². The summed E-state index contributed by atoms with van der Waals surface area (Å²) in [4.78, 5) is 14.2. The van der Waals surface area contributed by atoms with Crippen LogP contribution in [0.3, 0.4) is 0 Å². The lowest BCUT2D eigenvalue weighted by Crippen LogP contribution is -2.56. The minimum atomic E-state index is -2.88. The number of amides is 1. The first-order valence-corrected chi connectivity index (χ1v) is 12.3. The second-order valence-corrected chi connectivity index (χ2v) is 10.4. The van der Waals surface area contributed by atoms with Gasteiger partial charge in [0, 0.05) is 60.8 Å². The number of hydrogen-bond donors (Lipinski definition) is 1. The van der Waals surface area contributed by atoms with Gasteiger partial charge in [0.1, 0.15) is 5.75 Å². The monoisotopic (exact) mass is 489 g/mol. The van der Waals surface area contributed by atoms with E-state index in [1.54, 1.807) is 12.1 Å². The minimum absolute atomic E-state index is 0.0734. The fourth-order valence-electron chi connectivity index (χ4n) is 5.45. The second kappa shape index (κ2) is 9.34. The number of thiocarbonyl (C=S) groups is 1. The molecule has 2 fully saturated rings. The van der Waals surface area contributed by atoms with Gasteiger partial charge in [-0.1, -0.05) is 24.4 Å². The number of halogens is 2. The average molecular weight is 490 g/mol. The number of hydrogen-bond acceptors (Lipinski definition) is 5. The van der Waals surface area contributed by atoms with Crippen molar-refractivity contribution in [2.24, 2.45) is 5.92 Å². The Bertz CT molecular complexity index is 1090. The molecule has 1 unspecified atom stereocenters. The second-order valence-electron chi connectivity index (χ2n) is 9.85. The summed E-state index contributed by atoms with van der Waals surface area (Å²) in [6.07, 6.45) is 5.27. The van der Waals surface area contributed by atoms with Gasteiger partial charge in [-0.15, -0.1) is 0 Å². The average Bonchev–Trinajstić information content (AvgIpc) is 3.17. The topological polar surface area (TPSA) is 65.4 Å². The fraction of sp³-hybridized carbons (Fsp3) is 0.560. The van der Waals surface area contributed by atoms with Crippen LogP contribution in [0.15, 0.2) is 24.3 Å². The quantitative estimate of drug-likeness (QED) is 0.599. The molecule has 0 spiro atoms. The smallest absolute Gasteiger partial charge is 0.387 e. The zero-order valence-corrected chi connectivity index (χ0v) is 20.0. The Morgan fingerprint density at radius 3 is 2.76 bits per heavy atom. The number of carbonyl (C=O) groups is 1. The fourth-order valence-corrected chi connectivity index (χ4v) is 6.09. The summed E-state index contributed by atoms with van der Waals surface area (Å²) in [6.45, 7) is 0.520. The first-order valence-electron chi connectivity index (χ1n) is 11.9. The number of carbonyl (C=O) groups excluding carboxylic acids is 1. The van der Waals surface area contributed by atoms with Crippen molar-refractivity contribution in [2.45, 2.75) is 70.1 Å². The van der Waals surface area contributed by atoms with Gasteiger partial charge in [-0.3, -0.25) is 9.48 Å². The van der Waals surface area contributed by atoms with Crippen molar-refractivity contribution < 1.29 is 23.0 Å². The number of ether oxygens (including phenoxy) is 2. The highest BCUT2D eigenvalue weighted by molar-refractivity contribution is 7.80. The SMILES string of the molecule is CC1(NC(=O)C2CCc3c(-c4cccc(OC(F)F)c4)nn(C4CCOCC4)c3C2)CC(=S)C1. The van der Waals surface area contributed by atoms with E-state index in [4.69, 9.17) is 22.1 Å². The van der Waals surface area contributed by atoms with Gasteiger partial charge in [0.05, 0.1) is 11.7 Å². The molecule has 1 saturated carbocycles. The van der Waals surface area contributed by atoms with Gasteiger partial charge in [0.2, 0.25) is 5.91 Å². The van der Waals surface area contributed by atoms with E-state index < -0.39 is 6.61 Å². The Labute approximate surface area is 203 Å². The Balaban J connectivity index is 1.45. The van der Waals surface area contributed by atoms with Gasteiger partial charge in [-0.2, -0.15) is 13.9 Å². The van der Waals surface area contributed by atoms with Crippen LogP contribution in [-0.4, -0.2) is 45.9 Å². The maximum Gasteiger partial charge on any atom is 0.387 e. The van der Waals surface area contributed by atoms with Gasteiger partial charge < -0.3 is 14.8 Å². The number of nitrogens with zero attached hydrogens (tertiary/aromatic N) is 2. The van der Waals surface area contributed by atoms with Crippen molar-refractivity contribution in [3.63, 3.8) is 0 Å². The Morgan fingerprint density at radius 1 is 1.29 bits per heavy atom. The zero-order chi connectivity index (χ0) is 23.9. The van der Waals surface area contributed by atoms with Crippen LogP contribution in [0.1, 0.15) is 56.3 Å². The number of benzene rings is 1. The summed E-state index contributed by atoms with van der Waals surface area (Å²) < 4.78 is 37.8. The molecule has 1 saturated heterocycles. The summed E-state index contributed by atoms with van der Waals surface area (Å²) in [5.41, 5.74) is 3.48. The summed E-state index contributed by atoms with van der Waals surface area (Å²) in [6, 6.07) is 6.90. The van der Waals surface area contributed by atoms with Crippen LogP contribution in [0.4, 0.5) is 8.78 Å². The molecule has 1 aromatic carbocycles. The minimum Gasteiger partial charge on any atom is -0.435 e. The molecule has 2 heterocycles. The van der Waals surface area contributed by atoms with Crippen LogP contribution in [0.5, 0.6) is 5.75 Å². The Kier molecular flexibility index (Phi) is 6.41. The van der Waals surface area contributed by atoms with E-state index >= 15 is 0 Å². The maximum atomic E-state index is 13.1. The molecule has 1 N–H and O–H groups in total. The third-order valence-electron chi connectivity index (χ3n) is 7.14. The van der Waals surface area contributed by atoms with E-state index in [1.165, 1.54) is 6.07 Å². The van der Waals surface area contributed by atoms with Crippen molar-refractivity contribution in [1.29, 1.82) is 0 Å². The molecule has 9 heteroatoms. The molecule has 0 radical (unpaired) electrons. The number of aromatic nitrogens is 2. The highest BCUT2D eigenvalue weighted by Crippen LogP contribution is 2.38. The number of fused-ring (bicyclic) bond motifs is 1. The molecule has 6 nitrogen and oxygen atoms in total. The van der Waals surface area contributed by atoms with Crippen LogP contribution in [0, 0.1) is 5.92 Å². The molecule has 5 rings (SSSR count). The molecule has 0 bridgehead atoms. The van der Waals surface area contributed by atoms with Crippen LogP contribution in [0.25, 0.3) is 11.3 Å². The molecule has 1 aromatic heterocycles. The molecule has 182 valence electrons. The van der Waals surface area contributed by atoms with Gasteiger partial charge >= 0.3 is 6.61 Å². The Hall–Kier alpha value is -2.39. The number of rotatable bonds is 6. The Morgan fingerprint density at radius 2 is 2.06 bits per heavy atom. The van der Waals surface area contributed by atoms with Crippen molar-refractivity contribution in [3.05, 3.63) is 35.5 Å². The third-order valence-corrected chi connectivity index (χ3v) is 7.43. The van der Waals surface area contributed by atoms with Crippen LogP contribution in [0.2, 0.25) is 0 Å². The van der Waals surface area contributed by atoms with Crippen molar-refractivity contribution in [3.8, 4) is 17.0 Å². The molecule has 3 aliphatic rings. The third kappa shape index (κ3) is 4.73. The van der Waals surface area contributed by atoms with E-state index in [9.17, 15) is 13.6 Å². The summed E-state index contributed by atoms with van der Waals surface area (Å²) in [5, 5.41) is 8.20. The van der Waals surface area contributed by atoms with E-state index in [2.05, 4.69) is 14.7 Å². The predicted octanol–water partition coefficient (Wildman–Crippen LogP) is 4.65. The van der Waals surface area contributed by atoms with E-state index in [0.29, 0.717) is 26.1 Å². The molecule has 2 aliphatic carbocycles. The highest BCUT2D eigenvalue weighted by Gasteiger charge is 2.40. The first kappa shape index (κ1) is 23.4.